The van der Waals surface area contributed by atoms with Crippen LogP contribution in [0.3, 0.4) is 0 Å². The van der Waals surface area contributed by atoms with Gasteiger partial charge in [-0.1, -0.05) is 13.8 Å². The zero-order valence-electron chi connectivity index (χ0n) is 10.1. The van der Waals surface area contributed by atoms with E-state index in [0.717, 1.165) is 13.0 Å². The Labute approximate surface area is 95.8 Å². The highest BCUT2D eigenvalue weighted by Gasteiger charge is 2.24. The molecule has 0 saturated heterocycles. The normalized spacial score (nSPS) is 12.4. The Balaban J connectivity index is 2.85. The van der Waals surface area contributed by atoms with Crippen molar-refractivity contribution in [2.24, 2.45) is 0 Å². The zero-order chi connectivity index (χ0) is 12.0. The molecule has 1 heterocycles. The van der Waals surface area contributed by atoms with E-state index in [4.69, 9.17) is 4.74 Å². The zero-order valence-corrected chi connectivity index (χ0v) is 10.1. The molecule has 1 aromatic heterocycles. The van der Waals surface area contributed by atoms with Crippen LogP contribution in [-0.4, -0.2) is 27.3 Å². The first-order chi connectivity index (χ1) is 7.74. The van der Waals surface area contributed by atoms with Gasteiger partial charge >= 0.3 is 5.97 Å². The number of carbonyl (C=O) groups excluding carboxylic acids is 1. The molecule has 0 radical (unpaired) electrons. The van der Waals surface area contributed by atoms with Gasteiger partial charge in [-0.15, -0.1) is 10.2 Å². The molecule has 0 aliphatic rings. The summed E-state index contributed by atoms with van der Waals surface area (Å²) in [7, 11) is 0. The van der Waals surface area contributed by atoms with E-state index in [-0.39, 0.29) is 11.9 Å². The fourth-order valence-electron chi connectivity index (χ4n) is 1.64. The van der Waals surface area contributed by atoms with Crippen molar-refractivity contribution < 1.29 is 9.53 Å². The second-order valence-electron chi connectivity index (χ2n) is 3.60. The molecule has 0 aliphatic carbocycles. The van der Waals surface area contributed by atoms with Crippen molar-refractivity contribution in [2.75, 3.05) is 6.61 Å². The van der Waals surface area contributed by atoms with E-state index in [0.29, 0.717) is 18.9 Å². The standard InChI is InChI=1S/C11H19N3O2/c1-4-7-14-8-12-13-10(14)9(5-2)11(15)16-6-3/h8-9H,4-7H2,1-3H3. The number of esters is 1. The molecule has 0 aromatic carbocycles. The number of hydrogen-bond donors (Lipinski definition) is 0. The quantitative estimate of drug-likeness (QED) is 0.692. The molecule has 0 spiro atoms. The van der Waals surface area contributed by atoms with Crippen molar-refractivity contribution >= 4 is 5.97 Å². The van der Waals surface area contributed by atoms with Crippen LogP contribution in [0.5, 0.6) is 0 Å². The van der Waals surface area contributed by atoms with Crippen molar-refractivity contribution in [1.82, 2.24) is 14.8 Å². The highest BCUT2D eigenvalue weighted by atomic mass is 16.5. The summed E-state index contributed by atoms with van der Waals surface area (Å²) in [6, 6.07) is 0. The van der Waals surface area contributed by atoms with Gasteiger partial charge in [0.05, 0.1) is 6.61 Å². The lowest BCUT2D eigenvalue weighted by atomic mass is 10.1. The molecular weight excluding hydrogens is 206 g/mol. The van der Waals surface area contributed by atoms with Gasteiger partial charge in [0, 0.05) is 6.54 Å². The van der Waals surface area contributed by atoms with Crippen LogP contribution in [0, 0.1) is 0 Å². The largest absolute Gasteiger partial charge is 0.465 e. The molecular formula is C11H19N3O2. The number of rotatable bonds is 6. The first-order valence-corrected chi connectivity index (χ1v) is 5.78. The maximum atomic E-state index is 11.7. The van der Waals surface area contributed by atoms with Gasteiger partial charge in [-0.05, 0) is 19.8 Å². The minimum absolute atomic E-state index is 0.213. The van der Waals surface area contributed by atoms with Gasteiger partial charge in [-0.3, -0.25) is 4.79 Å². The summed E-state index contributed by atoms with van der Waals surface area (Å²) in [5.74, 6) is 0.201. The molecule has 0 N–H and O–H groups in total. The molecule has 5 nitrogen and oxygen atoms in total. The predicted molar refractivity (Wildman–Crippen MR) is 60.0 cm³/mol. The van der Waals surface area contributed by atoms with Crippen LogP contribution in [0.2, 0.25) is 0 Å². The van der Waals surface area contributed by atoms with E-state index in [1.165, 1.54) is 0 Å². The van der Waals surface area contributed by atoms with Gasteiger partial charge in [0.2, 0.25) is 0 Å². The average Bonchev–Trinajstić information content (AvgIpc) is 2.69. The summed E-state index contributed by atoms with van der Waals surface area (Å²) in [6.45, 7) is 7.07. The highest BCUT2D eigenvalue weighted by Crippen LogP contribution is 2.19. The smallest absolute Gasteiger partial charge is 0.316 e. The lowest BCUT2D eigenvalue weighted by molar-refractivity contribution is -0.145. The minimum atomic E-state index is -0.297. The second-order valence-corrected chi connectivity index (χ2v) is 3.60. The number of aryl methyl sites for hydroxylation is 1. The lowest BCUT2D eigenvalue weighted by Gasteiger charge is -2.13. The summed E-state index contributed by atoms with van der Waals surface area (Å²) in [6.07, 6.45) is 3.34. The summed E-state index contributed by atoms with van der Waals surface area (Å²) in [5, 5.41) is 7.88. The van der Waals surface area contributed by atoms with Crippen molar-refractivity contribution in [3.63, 3.8) is 0 Å². The Morgan fingerprint density at radius 1 is 1.50 bits per heavy atom. The van der Waals surface area contributed by atoms with Gasteiger partial charge in [-0.2, -0.15) is 0 Å². The van der Waals surface area contributed by atoms with Crippen LogP contribution in [0.4, 0.5) is 0 Å². The Bertz CT molecular complexity index is 336. The second kappa shape index (κ2) is 6.25. The van der Waals surface area contributed by atoms with Crippen LogP contribution in [0.1, 0.15) is 45.4 Å². The van der Waals surface area contributed by atoms with Crippen LogP contribution in [0.15, 0.2) is 6.33 Å². The molecule has 16 heavy (non-hydrogen) atoms. The van der Waals surface area contributed by atoms with E-state index in [1.54, 1.807) is 13.3 Å². The Morgan fingerprint density at radius 3 is 2.81 bits per heavy atom. The van der Waals surface area contributed by atoms with Gasteiger partial charge in [-0.25, -0.2) is 0 Å². The number of ether oxygens (including phenoxy) is 1. The molecule has 5 heteroatoms. The van der Waals surface area contributed by atoms with Crippen molar-refractivity contribution in [3.05, 3.63) is 12.2 Å². The molecule has 1 rings (SSSR count). The third kappa shape index (κ3) is 2.81. The number of nitrogens with zero attached hydrogens (tertiary/aromatic N) is 3. The molecule has 0 saturated carbocycles. The first kappa shape index (κ1) is 12.7. The summed E-state index contributed by atoms with van der Waals surface area (Å²) >= 11 is 0. The SMILES string of the molecule is CCCn1cnnc1C(CC)C(=O)OCC. The predicted octanol–water partition coefficient (Wildman–Crippen LogP) is 1.74. The summed E-state index contributed by atoms with van der Waals surface area (Å²) in [5.41, 5.74) is 0. The Kier molecular flexibility index (Phi) is 4.95. The van der Waals surface area contributed by atoms with Crippen LogP contribution in [-0.2, 0) is 16.1 Å². The van der Waals surface area contributed by atoms with Gasteiger partial charge < -0.3 is 9.30 Å². The third-order valence-corrected chi connectivity index (χ3v) is 2.40. The molecule has 0 amide bonds. The summed E-state index contributed by atoms with van der Waals surface area (Å²) in [4.78, 5) is 11.7. The van der Waals surface area contributed by atoms with E-state index < -0.39 is 0 Å². The number of aromatic nitrogens is 3. The van der Waals surface area contributed by atoms with Gasteiger partial charge in [0.15, 0.2) is 0 Å². The fraction of sp³-hybridized carbons (Fsp3) is 0.727. The fourth-order valence-corrected chi connectivity index (χ4v) is 1.64. The Hall–Kier alpha value is -1.39. The number of carbonyl (C=O) groups is 1. The molecule has 0 bridgehead atoms. The molecule has 1 aromatic rings. The average molecular weight is 225 g/mol. The monoisotopic (exact) mass is 225 g/mol. The van der Waals surface area contributed by atoms with E-state index >= 15 is 0 Å². The van der Waals surface area contributed by atoms with Gasteiger partial charge in [0.1, 0.15) is 18.1 Å². The van der Waals surface area contributed by atoms with Crippen LogP contribution < -0.4 is 0 Å². The van der Waals surface area contributed by atoms with Gasteiger partial charge in [0.25, 0.3) is 0 Å². The van der Waals surface area contributed by atoms with E-state index in [9.17, 15) is 4.79 Å². The highest BCUT2D eigenvalue weighted by molar-refractivity contribution is 5.76. The van der Waals surface area contributed by atoms with E-state index in [1.807, 2.05) is 11.5 Å². The maximum absolute atomic E-state index is 11.7. The molecule has 0 fully saturated rings. The molecule has 0 aliphatic heterocycles. The molecule has 1 atom stereocenters. The van der Waals surface area contributed by atoms with Crippen LogP contribution >= 0.6 is 0 Å². The van der Waals surface area contributed by atoms with Crippen molar-refractivity contribution in [2.45, 2.75) is 46.1 Å². The molecule has 1 unspecified atom stereocenters. The third-order valence-electron chi connectivity index (χ3n) is 2.40. The molecule has 90 valence electrons. The first-order valence-electron chi connectivity index (χ1n) is 5.78. The van der Waals surface area contributed by atoms with Crippen molar-refractivity contribution in [3.8, 4) is 0 Å². The van der Waals surface area contributed by atoms with Crippen molar-refractivity contribution in [1.29, 1.82) is 0 Å². The lowest BCUT2D eigenvalue weighted by Crippen LogP contribution is -2.19. The number of hydrogen-bond acceptors (Lipinski definition) is 4. The minimum Gasteiger partial charge on any atom is -0.465 e. The Morgan fingerprint density at radius 2 is 2.25 bits per heavy atom. The topological polar surface area (TPSA) is 57.0 Å². The van der Waals surface area contributed by atoms with Crippen LogP contribution in [0.25, 0.3) is 0 Å². The summed E-state index contributed by atoms with van der Waals surface area (Å²) < 4.78 is 6.95. The maximum Gasteiger partial charge on any atom is 0.316 e. The van der Waals surface area contributed by atoms with E-state index in [2.05, 4.69) is 17.1 Å².